The predicted molar refractivity (Wildman–Crippen MR) is 60.1 cm³/mol. The van der Waals surface area contributed by atoms with E-state index in [0.29, 0.717) is 5.56 Å². The van der Waals surface area contributed by atoms with Crippen LogP contribution >= 0.6 is 0 Å². The maximum absolute atomic E-state index is 13.8. The van der Waals surface area contributed by atoms with E-state index in [1.54, 1.807) is 0 Å². The van der Waals surface area contributed by atoms with Gasteiger partial charge in [0.05, 0.1) is 4.92 Å². The monoisotopic (exact) mass is 236 g/mol. The van der Waals surface area contributed by atoms with Crippen LogP contribution in [0.4, 0.5) is 10.1 Å². The Labute approximate surface area is 97.8 Å². The standard InChI is InChI=1S/C12H13FN2O2/c13-10-2-1-8(15(16)17)7-9(10)11(3-4-11)12(14)5-6-12/h1-2,7H,3-6,14H2. The van der Waals surface area contributed by atoms with E-state index < -0.39 is 4.92 Å². The van der Waals surface area contributed by atoms with Crippen LogP contribution in [0.2, 0.25) is 0 Å². The van der Waals surface area contributed by atoms with Gasteiger partial charge in [-0.2, -0.15) is 0 Å². The lowest BCUT2D eigenvalue weighted by atomic mass is 9.85. The highest BCUT2D eigenvalue weighted by atomic mass is 19.1. The number of hydrogen-bond acceptors (Lipinski definition) is 3. The molecule has 5 heteroatoms. The van der Waals surface area contributed by atoms with Crippen LogP contribution < -0.4 is 5.73 Å². The third-order valence-corrected chi connectivity index (χ3v) is 4.17. The third kappa shape index (κ3) is 1.38. The number of benzene rings is 1. The average molecular weight is 236 g/mol. The Bertz CT molecular complexity index is 507. The molecule has 1 aromatic carbocycles. The minimum atomic E-state index is -0.491. The van der Waals surface area contributed by atoms with E-state index in [9.17, 15) is 14.5 Å². The molecule has 0 amide bonds. The molecule has 1 aromatic rings. The summed E-state index contributed by atoms with van der Waals surface area (Å²) in [7, 11) is 0. The summed E-state index contributed by atoms with van der Waals surface area (Å²) >= 11 is 0. The SMILES string of the molecule is NC1(C2(c3cc([N+](=O)[O-])ccc3F)CC2)CC1. The first-order valence-electron chi connectivity index (χ1n) is 5.72. The van der Waals surface area contributed by atoms with Crippen LogP contribution in [-0.4, -0.2) is 10.5 Å². The van der Waals surface area contributed by atoms with E-state index in [0.717, 1.165) is 25.7 Å². The van der Waals surface area contributed by atoms with Gasteiger partial charge in [0, 0.05) is 28.7 Å². The predicted octanol–water partition coefficient (Wildman–Crippen LogP) is 2.26. The second-order valence-corrected chi connectivity index (χ2v) is 5.16. The van der Waals surface area contributed by atoms with E-state index in [2.05, 4.69) is 0 Å². The summed E-state index contributed by atoms with van der Waals surface area (Å²) in [6.07, 6.45) is 3.44. The number of hydrogen-bond donors (Lipinski definition) is 1. The molecule has 0 aliphatic heterocycles. The van der Waals surface area contributed by atoms with Crippen molar-refractivity contribution >= 4 is 5.69 Å². The molecule has 0 unspecified atom stereocenters. The Morgan fingerprint density at radius 2 is 1.94 bits per heavy atom. The lowest BCUT2D eigenvalue weighted by molar-refractivity contribution is -0.385. The maximum atomic E-state index is 13.8. The Morgan fingerprint density at radius 3 is 2.41 bits per heavy atom. The van der Waals surface area contributed by atoms with Gasteiger partial charge in [0.1, 0.15) is 5.82 Å². The molecule has 4 nitrogen and oxygen atoms in total. The Balaban J connectivity index is 2.08. The molecule has 2 aliphatic carbocycles. The minimum absolute atomic E-state index is 0.0584. The first-order chi connectivity index (χ1) is 7.98. The molecule has 2 aliphatic rings. The maximum Gasteiger partial charge on any atom is 0.269 e. The van der Waals surface area contributed by atoms with E-state index in [4.69, 9.17) is 5.73 Å². The van der Waals surface area contributed by atoms with Crippen molar-refractivity contribution < 1.29 is 9.31 Å². The number of halogens is 1. The fraction of sp³-hybridized carbons (Fsp3) is 0.500. The molecule has 3 rings (SSSR count). The van der Waals surface area contributed by atoms with Crippen LogP contribution in [0.1, 0.15) is 31.2 Å². The summed E-state index contributed by atoms with van der Waals surface area (Å²) in [5.41, 5.74) is 5.88. The molecule has 2 saturated carbocycles. The van der Waals surface area contributed by atoms with Gasteiger partial charge in [0.15, 0.2) is 0 Å². The fourth-order valence-corrected chi connectivity index (χ4v) is 2.77. The lowest BCUT2D eigenvalue weighted by Crippen LogP contribution is -2.37. The van der Waals surface area contributed by atoms with Crippen LogP contribution in [0.25, 0.3) is 0 Å². The van der Waals surface area contributed by atoms with Gasteiger partial charge in [0.2, 0.25) is 0 Å². The number of nitrogens with zero attached hydrogens (tertiary/aromatic N) is 1. The number of nitrogens with two attached hydrogens (primary N) is 1. The second-order valence-electron chi connectivity index (χ2n) is 5.16. The van der Waals surface area contributed by atoms with Crippen LogP contribution in [0.3, 0.4) is 0 Å². The normalized spacial score (nSPS) is 23.2. The summed E-state index contributed by atoms with van der Waals surface area (Å²) in [4.78, 5) is 10.2. The molecule has 0 atom stereocenters. The van der Waals surface area contributed by atoms with Crippen molar-refractivity contribution in [2.24, 2.45) is 5.73 Å². The number of nitro groups is 1. The minimum Gasteiger partial charge on any atom is -0.324 e. The van der Waals surface area contributed by atoms with Gasteiger partial charge in [0.25, 0.3) is 5.69 Å². The first kappa shape index (κ1) is 10.7. The van der Waals surface area contributed by atoms with Crippen LogP contribution in [-0.2, 0) is 5.41 Å². The highest BCUT2D eigenvalue weighted by Gasteiger charge is 2.65. The van der Waals surface area contributed by atoms with E-state index in [-0.39, 0.29) is 22.5 Å². The van der Waals surface area contributed by atoms with Gasteiger partial charge in [-0.25, -0.2) is 4.39 Å². The number of nitro benzene ring substituents is 1. The molecule has 17 heavy (non-hydrogen) atoms. The zero-order valence-corrected chi connectivity index (χ0v) is 9.28. The van der Waals surface area contributed by atoms with Crippen molar-refractivity contribution in [1.82, 2.24) is 0 Å². The summed E-state index contributed by atoms with van der Waals surface area (Å²) in [5.74, 6) is -0.371. The van der Waals surface area contributed by atoms with Gasteiger partial charge in [-0.3, -0.25) is 10.1 Å². The molecule has 0 saturated heterocycles. The molecule has 0 spiro atoms. The number of rotatable bonds is 3. The van der Waals surface area contributed by atoms with Crippen molar-refractivity contribution in [2.45, 2.75) is 36.6 Å². The van der Waals surface area contributed by atoms with Crippen molar-refractivity contribution in [1.29, 1.82) is 0 Å². The summed E-state index contributed by atoms with van der Waals surface area (Å²) in [5, 5.41) is 10.7. The van der Waals surface area contributed by atoms with Crippen LogP contribution in [0.5, 0.6) is 0 Å². The lowest BCUT2D eigenvalue weighted by Gasteiger charge is -2.23. The summed E-state index contributed by atoms with van der Waals surface area (Å²) in [6.45, 7) is 0. The smallest absolute Gasteiger partial charge is 0.269 e. The Kier molecular flexibility index (Phi) is 1.91. The first-order valence-corrected chi connectivity index (χ1v) is 5.72. The molecule has 0 aromatic heterocycles. The molecule has 0 bridgehead atoms. The van der Waals surface area contributed by atoms with Gasteiger partial charge >= 0.3 is 0 Å². The van der Waals surface area contributed by atoms with Crippen molar-refractivity contribution in [3.05, 3.63) is 39.7 Å². The Hall–Kier alpha value is -1.49. The largest absolute Gasteiger partial charge is 0.324 e. The van der Waals surface area contributed by atoms with Crippen molar-refractivity contribution in [3.8, 4) is 0 Å². The van der Waals surface area contributed by atoms with Gasteiger partial charge in [-0.1, -0.05) is 0 Å². The fourth-order valence-electron chi connectivity index (χ4n) is 2.77. The highest BCUT2D eigenvalue weighted by Crippen LogP contribution is 2.64. The van der Waals surface area contributed by atoms with Gasteiger partial charge < -0.3 is 5.73 Å². The highest BCUT2D eigenvalue weighted by molar-refractivity contribution is 5.46. The molecule has 0 heterocycles. The zero-order chi connectivity index (χ0) is 12.3. The topological polar surface area (TPSA) is 69.2 Å². The van der Waals surface area contributed by atoms with E-state index >= 15 is 0 Å². The van der Waals surface area contributed by atoms with E-state index in [1.165, 1.54) is 18.2 Å². The molecular weight excluding hydrogens is 223 g/mol. The molecule has 0 radical (unpaired) electrons. The second kappa shape index (κ2) is 3.04. The van der Waals surface area contributed by atoms with E-state index in [1.807, 2.05) is 0 Å². The van der Waals surface area contributed by atoms with Crippen molar-refractivity contribution in [3.63, 3.8) is 0 Å². The third-order valence-electron chi connectivity index (χ3n) is 4.17. The van der Waals surface area contributed by atoms with Crippen molar-refractivity contribution in [2.75, 3.05) is 0 Å². The zero-order valence-electron chi connectivity index (χ0n) is 9.28. The molecule has 2 N–H and O–H groups in total. The molecular formula is C12H13FN2O2. The number of non-ortho nitro benzene ring substituents is 1. The summed E-state index contributed by atoms with van der Waals surface area (Å²) in [6, 6.07) is 3.74. The summed E-state index contributed by atoms with van der Waals surface area (Å²) < 4.78 is 13.8. The molecule has 2 fully saturated rings. The Morgan fingerprint density at radius 1 is 1.29 bits per heavy atom. The molecule has 90 valence electrons. The average Bonchev–Trinajstić information content (AvgIpc) is 3.14. The van der Waals surface area contributed by atoms with Crippen LogP contribution in [0.15, 0.2) is 18.2 Å². The van der Waals surface area contributed by atoms with Crippen LogP contribution in [0, 0.1) is 15.9 Å². The van der Waals surface area contributed by atoms with Gasteiger partial charge in [-0.05, 0) is 31.7 Å². The van der Waals surface area contributed by atoms with Gasteiger partial charge in [-0.15, -0.1) is 0 Å². The quantitative estimate of drug-likeness (QED) is 0.646.